The smallest absolute Gasteiger partial charge is 0.239 e. The predicted molar refractivity (Wildman–Crippen MR) is 77.3 cm³/mol. The molecule has 1 N–H and O–H groups in total. The van der Waals surface area contributed by atoms with Crippen molar-refractivity contribution in [3.63, 3.8) is 0 Å². The van der Waals surface area contributed by atoms with Gasteiger partial charge in [-0.2, -0.15) is 4.98 Å². The molecule has 100 valence electrons. The van der Waals surface area contributed by atoms with Crippen molar-refractivity contribution in [2.75, 3.05) is 11.9 Å². The van der Waals surface area contributed by atoms with E-state index in [9.17, 15) is 0 Å². The number of hydrogen-bond donors (Lipinski definition) is 1. The van der Waals surface area contributed by atoms with Gasteiger partial charge in [0.2, 0.25) is 5.88 Å². The highest BCUT2D eigenvalue weighted by Gasteiger charge is 2.04. The van der Waals surface area contributed by atoms with E-state index in [1.165, 1.54) is 0 Å². The number of nitrogens with zero attached hydrogens (tertiary/aromatic N) is 2. The van der Waals surface area contributed by atoms with Crippen LogP contribution in [0.1, 0.15) is 13.3 Å². The minimum Gasteiger partial charge on any atom is -0.437 e. The largest absolute Gasteiger partial charge is 0.437 e. The molecule has 0 spiro atoms. The van der Waals surface area contributed by atoms with Gasteiger partial charge in [0.1, 0.15) is 11.6 Å². The average Bonchev–Trinajstić information content (AvgIpc) is 2.41. The minimum absolute atomic E-state index is 0.402. The van der Waals surface area contributed by atoms with E-state index < -0.39 is 0 Å². The van der Waals surface area contributed by atoms with Crippen LogP contribution in [0.4, 0.5) is 5.82 Å². The van der Waals surface area contributed by atoms with Gasteiger partial charge in [0, 0.05) is 12.6 Å². The van der Waals surface area contributed by atoms with E-state index in [1.807, 2.05) is 0 Å². The zero-order valence-corrected chi connectivity index (χ0v) is 11.9. The van der Waals surface area contributed by atoms with Crippen molar-refractivity contribution >= 4 is 29.0 Å². The van der Waals surface area contributed by atoms with Crippen LogP contribution < -0.4 is 10.1 Å². The van der Waals surface area contributed by atoms with Gasteiger partial charge in [0.05, 0.1) is 22.4 Å². The highest BCUT2D eigenvalue weighted by Crippen LogP contribution is 2.28. The Morgan fingerprint density at radius 3 is 2.79 bits per heavy atom. The van der Waals surface area contributed by atoms with Crippen LogP contribution in [0.3, 0.4) is 0 Å². The first kappa shape index (κ1) is 13.9. The standard InChI is InChI=1S/C13H13Cl2N3O/c1-2-5-17-12-7-16-8-13(18-12)19-9-3-4-10(14)11(15)6-9/h3-4,6-8H,2,5H2,1H3,(H,17,18). The van der Waals surface area contributed by atoms with E-state index >= 15 is 0 Å². The molecular formula is C13H13Cl2N3O. The van der Waals surface area contributed by atoms with Crippen LogP contribution in [0, 0.1) is 0 Å². The number of benzene rings is 1. The molecule has 0 fully saturated rings. The summed E-state index contributed by atoms with van der Waals surface area (Å²) >= 11 is 11.8. The molecule has 0 atom stereocenters. The third-order valence-corrected chi connectivity index (χ3v) is 3.02. The highest BCUT2D eigenvalue weighted by molar-refractivity contribution is 6.42. The SMILES string of the molecule is CCCNc1cncc(Oc2ccc(Cl)c(Cl)c2)n1. The molecule has 0 radical (unpaired) electrons. The van der Waals surface area contributed by atoms with E-state index in [1.54, 1.807) is 30.6 Å². The molecular weight excluding hydrogens is 285 g/mol. The molecule has 0 bridgehead atoms. The summed E-state index contributed by atoms with van der Waals surface area (Å²) in [4.78, 5) is 8.35. The van der Waals surface area contributed by atoms with Gasteiger partial charge >= 0.3 is 0 Å². The predicted octanol–water partition coefficient (Wildman–Crippen LogP) is 4.40. The molecule has 1 aromatic carbocycles. The van der Waals surface area contributed by atoms with Crippen molar-refractivity contribution in [1.82, 2.24) is 9.97 Å². The Bertz CT molecular complexity index is 563. The van der Waals surface area contributed by atoms with Crippen LogP contribution in [0.15, 0.2) is 30.6 Å². The summed E-state index contributed by atoms with van der Waals surface area (Å²) in [5.74, 6) is 1.65. The lowest BCUT2D eigenvalue weighted by atomic mass is 10.3. The monoisotopic (exact) mass is 297 g/mol. The Kier molecular flexibility index (Phi) is 4.82. The topological polar surface area (TPSA) is 47.0 Å². The maximum Gasteiger partial charge on any atom is 0.239 e. The molecule has 0 saturated carbocycles. The van der Waals surface area contributed by atoms with Gasteiger partial charge in [-0.1, -0.05) is 30.1 Å². The lowest BCUT2D eigenvalue weighted by Gasteiger charge is -2.07. The van der Waals surface area contributed by atoms with Gasteiger partial charge in [0.25, 0.3) is 0 Å². The minimum atomic E-state index is 0.402. The Hall–Kier alpha value is -1.52. The zero-order chi connectivity index (χ0) is 13.7. The van der Waals surface area contributed by atoms with Crippen molar-refractivity contribution in [2.24, 2.45) is 0 Å². The number of aromatic nitrogens is 2. The summed E-state index contributed by atoms with van der Waals surface area (Å²) in [6.45, 7) is 2.92. The van der Waals surface area contributed by atoms with Gasteiger partial charge in [-0.25, -0.2) is 0 Å². The van der Waals surface area contributed by atoms with Crippen LogP contribution in [0.25, 0.3) is 0 Å². The first-order valence-corrected chi connectivity index (χ1v) is 6.63. The molecule has 0 amide bonds. The van der Waals surface area contributed by atoms with Crippen molar-refractivity contribution in [3.8, 4) is 11.6 Å². The molecule has 1 heterocycles. The van der Waals surface area contributed by atoms with Gasteiger partial charge in [-0.3, -0.25) is 4.98 Å². The summed E-state index contributed by atoms with van der Waals surface area (Å²) in [7, 11) is 0. The Morgan fingerprint density at radius 1 is 1.21 bits per heavy atom. The lowest BCUT2D eigenvalue weighted by Crippen LogP contribution is -2.02. The fourth-order valence-corrected chi connectivity index (χ4v) is 1.68. The van der Waals surface area contributed by atoms with Crippen molar-refractivity contribution in [2.45, 2.75) is 13.3 Å². The average molecular weight is 298 g/mol. The molecule has 0 aliphatic carbocycles. The van der Waals surface area contributed by atoms with Gasteiger partial charge in [-0.05, 0) is 18.6 Å². The molecule has 2 rings (SSSR count). The van der Waals surface area contributed by atoms with Crippen LogP contribution in [-0.2, 0) is 0 Å². The summed E-state index contributed by atoms with van der Waals surface area (Å²) < 4.78 is 5.58. The van der Waals surface area contributed by atoms with Crippen molar-refractivity contribution in [1.29, 1.82) is 0 Å². The third kappa shape index (κ3) is 3.98. The number of anilines is 1. The van der Waals surface area contributed by atoms with Crippen LogP contribution in [0.5, 0.6) is 11.6 Å². The second kappa shape index (κ2) is 6.59. The molecule has 0 unspecified atom stereocenters. The van der Waals surface area contributed by atoms with Crippen LogP contribution in [0.2, 0.25) is 10.0 Å². The lowest BCUT2D eigenvalue weighted by molar-refractivity contribution is 0.461. The van der Waals surface area contributed by atoms with Crippen molar-refractivity contribution < 1.29 is 4.74 Å². The fourth-order valence-electron chi connectivity index (χ4n) is 1.40. The van der Waals surface area contributed by atoms with E-state index in [0.717, 1.165) is 13.0 Å². The Balaban J connectivity index is 2.11. The Labute approximate surface area is 121 Å². The molecule has 2 aromatic rings. The fraction of sp³-hybridized carbons (Fsp3) is 0.231. The van der Waals surface area contributed by atoms with E-state index in [2.05, 4.69) is 22.2 Å². The van der Waals surface area contributed by atoms with Gasteiger partial charge in [0.15, 0.2) is 0 Å². The Morgan fingerprint density at radius 2 is 2.05 bits per heavy atom. The first-order valence-electron chi connectivity index (χ1n) is 5.88. The van der Waals surface area contributed by atoms with Crippen molar-refractivity contribution in [3.05, 3.63) is 40.6 Å². The van der Waals surface area contributed by atoms with Crippen LogP contribution >= 0.6 is 23.2 Å². The molecule has 0 saturated heterocycles. The van der Waals surface area contributed by atoms with E-state index in [0.29, 0.717) is 27.5 Å². The van der Waals surface area contributed by atoms with E-state index in [-0.39, 0.29) is 0 Å². The third-order valence-electron chi connectivity index (χ3n) is 2.28. The maximum absolute atomic E-state index is 5.92. The number of hydrogen-bond acceptors (Lipinski definition) is 4. The number of nitrogens with one attached hydrogen (secondary N) is 1. The summed E-state index contributed by atoms with van der Waals surface area (Å²) in [5, 5.41) is 4.06. The summed E-state index contributed by atoms with van der Waals surface area (Å²) in [6, 6.07) is 5.03. The maximum atomic E-state index is 5.92. The quantitative estimate of drug-likeness (QED) is 0.889. The zero-order valence-electron chi connectivity index (χ0n) is 10.4. The number of ether oxygens (including phenoxy) is 1. The number of rotatable bonds is 5. The molecule has 0 aliphatic rings. The van der Waals surface area contributed by atoms with Gasteiger partial charge < -0.3 is 10.1 Å². The molecule has 0 aliphatic heterocycles. The summed E-state index contributed by atoms with van der Waals surface area (Å²) in [6.07, 6.45) is 4.20. The van der Waals surface area contributed by atoms with Crippen LogP contribution in [-0.4, -0.2) is 16.5 Å². The molecule has 4 nitrogen and oxygen atoms in total. The number of halogens is 2. The van der Waals surface area contributed by atoms with Gasteiger partial charge in [-0.15, -0.1) is 0 Å². The first-order chi connectivity index (χ1) is 9.19. The normalized spacial score (nSPS) is 10.3. The second-order valence-corrected chi connectivity index (χ2v) is 4.66. The molecule has 19 heavy (non-hydrogen) atoms. The molecule has 6 heteroatoms. The molecule has 1 aromatic heterocycles. The second-order valence-electron chi connectivity index (χ2n) is 3.85. The van der Waals surface area contributed by atoms with E-state index in [4.69, 9.17) is 27.9 Å². The highest BCUT2D eigenvalue weighted by atomic mass is 35.5. The summed E-state index contributed by atoms with van der Waals surface area (Å²) in [5.41, 5.74) is 0.